The number of hydrogen-bond acceptors (Lipinski definition) is 2. The molecule has 2 rings (SSSR count). The summed E-state index contributed by atoms with van der Waals surface area (Å²) in [5.41, 5.74) is 2.27. The fraction of sp³-hybridized carbons (Fsp3) is 0.188. The highest BCUT2D eigenvalue weighted by Gasteiger charge is 2.03. The number of hydrogen-bond donors (Lipinski definition) is 1. The van der Waals surface area contributed by atoms with Crippen LogP contribution in [0.3, 0.4) is 0 Å². The minimum atomic E-state index is -0.272. The van der Waals surface area contributed by atoms with Crippen molar-refractivity contribution in [2.45, 2.75) is 13.0 Å². The minimum absolute atomic E-state index is 0.272. The fourth-order valence-electron chi connectivity index (χ4n) is 1.88. The third-order valence-electron chi connectivity index (χ3n) is 2.92. The summed E-state index contributed by atoms with van der Waals surface area (Å²) < 4.78 is 13.5. The van der Waals surface area contributed by atoms with Gasteiger partial charge < -0.3 is 5.32 Å². The summed E-state index contributed by atoms with van der Waals surface area (Å²) >= 11 is 0. The lowest BCUT2D eigenvalue weighted by Gasteiger charge is -2.06. The van der Waals surface area contributed by atoms with Gasteiger partial charge in [0.05, 0.1) is 11.6 Å². The number of nitrogens with one attached hydrogen (secondary N) is 1. The van der Waals surface area contributed by atoms with E-state index >= 15 is 0 Å². The molecule has 0 radical (unpaired) electrons. The van der Waals surface area contributed by atoms with Crippen molar-refractivity contribution in [1.29, 1.82) is 5.26 Å². The first kappa shape index (κ1) is 13.3. The van der Waals surface area contributed by atoms with E-state index in [1.807, 2.05) is 24.3 Å². The highest BCUT2D eigenvalue weighted by atomic mass is 19.1. The number of benzene rings is 2. The highest BCUT2D eigenvalue weighted by molar-refractivity contribution is 5.33. The lowest BCUT2D eigenvalue weighted by Crippen LogP contribution is -2.17. The Morgan fingerprint density at radius 2 is 1.89 bits per heavy atom. The summed E-state index contributed by atoms with van der Waals surface area (Å²) in [5, 5.41) is 12.0. The van der Waals surface area contributed by atoms with Crippen LogP contribution in [0.2, 0.25) is 0 Å². The molecule has 0 aromatic heterocycles. The molecule has 2 aromatic carbocycles. The van der Waals surface area contributed by atoms with Crippen molar-refractivity contribution < 1.29 is 4.39 Å². The number of halogens is 1. The first-order valence-corrected chi connectivity index (χ1v) is 6.23. The van der Waals surface area contributed by atoms with Crippen molar-refractivity contribution in [3.8, 4) is 6.07 Å². The molecule has 1 N–H and O–H groups in total. The number of rotatable bonds is 5. The Kier molecular flexibility index (Phi) is 4.66. The molecule has 96 valence electrons. The maximum atomic E-state index is 13.5. The molecule has 0 aliphatic rings. The van der Waals surface area contributed by atoms with E-state index in [9.17, 15) is 4.39 Å². The molecular formula is C16H15FN2. The Morgan fingerprint density at radius 1 is 1.11 bits per heavy atom. The Balaban J connectivity index is 1.85. The van der Waals surface area contributed by atoms with Crippen LogP contribution in [0.25, 0.3) is 0 Å². The monoisotopic (exact) mass is 254 g/mol. The average Bonchev–Trinajstić information content (AvgIpc) is 2.46. The van der Waals surface area contributed by atoms with Gasteiger partial charge in [0.2, 0.25) is 0 Å². The highest BCUT2D eigenvalue weighted by Crippen LogP contribution is 2.09. The first-order valence-electron chi connectivity index (χ1n) is 6.23. The molecule has 3 heteroatoms. The Morgan fingerprint density at radius 3 is 2.63 bits per heavy atom. The van der Waals surface area contributed by atoms with Crippen LogP contribution in [0, 0.1) is 17.1 Å². The largest absolute Gasteiger partial charge is 0.312 e. The third kappa shape index (κ3) is 3.90. The summed E-state index contributed by atoms with van der Waals surface area (Å²) in [7, 11) is 0. The molecule has 19 heavy (non-hydrogen) atoms. The van der Waals surface area contributed by atoms with E-state index in [1.54, 1.807) is 6.07 Å². The minimum Gasteiger partial charge on any atom is -0.312 e. The zero-order valence-corrected chi connectivity index (χ0v) is 10.6. The van der Waals surface area contributed by atoms with Gasteiger partial charge in [0, 0.05) is 12.1 Å². The first-order chi connectivity index (χ1) is 9.29. The second-order valence-electron chi connectivity index (χ2n) is 4.33. The number of nitrogens with zero attached hydrogens (tertiary/aromatic N) is 1. The van der Waals surface area contributed by atoms with Gasteiger partial charge in [-0.2, -0.15) is 5.26 Å². The predicted molar refractivity (Wildman–Crippen MR) is 73.0 cm³/mol. The van der Waals surface area contributed by atoms with E-state index in [1.165, 1.54) is 17.7 Å². The Labute approximate surface area is 112 Å². The van der Waals surface area contributed by atoms with Crippen LogP contribution < -0.4 is 5.32 Å². The maximum Gasteiger partial charge on any atom is 0.127 e. The molecular weight excluding hydrogens is 239 g/mol. The molecule has 0 aliphatic carbocycles. The second-order valence-corrected chi connectivity index (χ2v) is 4.33. The van der Waals surface area contributed by atoms with Crippen LogP contribution in [-0.4, -0.2) is 6.54 Å². The molecule has 2 nitrogen and oxygen atoms in total. The maximum absolute atomic E-state index is 13.5. The zero-order valence-electron chi connectivity index (χ0n) is 10.6. The lowest BCUT2D eigenvalue weighted by molar-refractivity contribution is 0.588. The standard InChI is InChI=1S/C16H15FN2/c17-16-7-6-14(11-18)10-15(16)12-19-9-8-13-4-2-1-3-5-13/h1-7,10,19H,8-9,12H2. The molecule has 0 atom stereocenters. The van der Waals surface area contributed by atoms with Crippen LogP contribution in [0.5, 0.6) is 0 Å². The van der Waals surface area contributed by atoms with Gasteiger partial charge in [0.1, 0.15) is 5.82 Å². The van der Waals surface area contributed by atoms with Gasteiger partial charge in [0.25, 0.3) is 0 Å². The molecule has 0 saturated carbocycles. The van der Waals surface area contributed by atoms with Gasteiger partial charge in [0.15, 0.2) is 0 Å². The summed E-state index contributed by atoms with van der Waals surface area (Å²) in [5.74, 6) is -0.272. The molecule has 0 unspecified atom stereocenters. The van der Waals surface area contributed by atoms with Crippen molar-refractivity contribution in [3.63, 3.8) is 0 Å². The van der Waals surface area contributed by atoms with Crippen molar-refractivity contribution in [2.24, 2.45) is 0 Å². The molecule has 0 fully saturated rings. The van der Waals surface area contributed by atoms with E-state index < -0.39 is 0 Å². The van der Waals surface area contributed by atoms with E-state index in [0.717, 1.165) is 13.0 Å². The van der Waals surface area contributed by atoms with Crippen LogP contribution in [0.15, 0.2) is 48.5 Å². The smallest absolute Gasteiger partial charge is 0.127 e. The molecule has 0 bridgehead atoms. The Bertz CT molecular complexity index is 573. The number of nitriles is 1. The molecule has 0 spiro atoms. The Hall–Kier alpha value is -2.18. The quantitative estimate of drug-likeness (QED) is 0.832. The van der Waals surface area contributed by atoms with Crippen LogP contribution >= 0.6 is 0 Å². The molecule has 0 aliphatic heterocycles. The summed E-state index contributed by atoms with van der Waals surface area (Å²) in [6.45, 7) is 1.22. The zero-order chi connectivity index (χ0) is 13.5. The predicted octanol–water partition coefficient (Wildman–Crippen LogP) is 3.03. The molecule has 0 saturated heterocycles. The topological polar surface area (TPSA) is 35.8 Å². The van der Waals surface area contributed by atoms with Crippen molar-refractivity contribution in [1.82, 2.24) is 5.32 Å². The SMILES string of the molecule is N#Cc1ccc(F)c(CNCCc2ccccc2)c1. The second kappa shape index (κ2) is 6.67. The van der Waals surface area contributed by atoms with E-state index in [0.29, 0.717) is 17.7 Å². The third-order valence-corrected chi connectivity index (χ3v) is 2.92. The van der Waals surface area contributed by atoms with Crippen LogP contribution in [0.4, 0.5) is 4.39 Å². The van der Waals surface area contributed by atoms with Gasteiger partial charge >= 0.3 is 0 Å². The van der Waals surface area contributed by atoms with Crippen molar-refractivity contribution >= 4 is 0 Å². The van der Waals surface area contributed by atoms with Gasteiger partial charge in [-0.25, -0.2) is 4.39 Å². The van der Waals surface area contributed by atoms with Crippen LogP contribution in [-0.2, 0) is 13.0 Å². The molecule has 2 aromatic rings. The van der Waals surface area contributed by atoms with Gasteiger partial charge in [-0.05, 0) is 36.7 Å². The molecule has 0 heterocycles. The van der Waals surface area contributed by atoms with Crippen LogP contribution in [0.1, 0.15) is 16.7 Å². The van der Waals surface area contributed by atoms with Crippen molar-refractivity contribution in [2.75, 3.05) is 6.54 Å². The summed E-state index contributed by atoms with van der Waals surface area (Å²) in [4.78, 5) is 0. The van der Waals surface area contributed by atoms with E-state index in [-0.39, 0.29) is 5.82 Å². The molecule has 0 amide bonds. The lowest BCUT2D eigenvalue weighted by atomic mass is 10.1. The van der Waals surface area contributed by atoms with E-state index in [4.69, 9.17) is 5.26 Å². The van der Waals surface area contributed by atoms with E-state index in [2.05, 4.69) is 17.4 Å². The normalized spacial score (nSPS) is 10.1. The van der Waals surface area contributed by atoms with Gasteiger partial charge in [-0.15, -0.1) is 0 Å². The van der Waals surface area contributed by atoms with Gasteiger partial charge in [-0.1, -0.05) is 30.3 Å². The fourth-order valence-corrected chi connectivity index (χ4v) is 1.88. The van der Waals surface area contributed by atoms with Gasteiger partial charge in [-0.3, -0.25) is 0 Å². The van der Waals surface area contributed by atoms with Crippen molar-refractivity contribution in [3.05, 3.63) is 71.0 Å². The average molecular weight is 254 g/mol. The summed E-state index contributed by atoms with van der Waals surface area (Å²) in [6, 6.07) is 16.6. The summed E-state index contributed by atoms with van der Waals surface area (Å²) in [6.07, 6.45) is 0.903.